The molecule has 0 aromatic heterocycles. The van der Waals surface area contributed by atoms with E-state index in [1.54, 1.807) is 5.56 Å². The number of aliphatic carboxylic acids is 1. The fraction of sp³-hybridized carbons (Fsp3) is 0.703. The molecule has 0 radical (unpaired) electrons. The summed E-state index contributed by atoms with van der Waals surface area (Å²) in [5.41, 5.74) is 6.91. The first-order valence-corrected chi connectivity index (χ1v) is 17.1. The van der Waals surface area contributed by atoms with Crippen LogP contribution < -0.4 is 0 Å². The summed E-state index contributed by atoms with van der Waals surface area (Å²) < 4.78 is 0. The molecule has 0 aliphatic heterocycles. The normalized spacial score (nSPS) is 21.9. The molecule has 3 rings (SSSR count). The largest absolute Gasteiger partial charge is 0.481 e. The van der Waals surface area contributed by atoms with E-state index >= 15 is 0 Å². The molecule has 0 saturated heterocycles. The number of aliphatic hydroxyl groups is 3. The minimum atomic E-state index is -0.790. The van der Waals surface area contributed by atoms with Gasteiger partial charge in [-0.2, -0.15) is 0 Å². The lowest BCUT2D eigenvalue weighted by Gasteiger charge is -2.26. The van der Waals surface area contributed by atoms with Crippen molar-refractivity contribution >= 4 is 5.97 Å². The Morgan fingerprint density at radius 3 is 2.52 bits per heavy atom. The molecule has 5 nitrogen and oxygen atoms in total. The van der Waals surface area contributed by atoms with Crippen LogP contribution >= 0.6 is 0 Å². The monoisotopic (exact) mass is 582 g/mol. The van der Waals surface area contributed by atoms with Crippen LogP contribution in [0.15, 0.2) is 41.5 Å². The molecule has 3 atom stereocenters. The van der Waals surface area contributed by atoms with Crippen LogP contribution in [0.25, 0.3) is 0 Å². The SMILES string of the molecule is CCCCC[C@H](O)/C=C/C1=C(\C[C@H](O)CO)C[C@H](CCCCCC(=O)O)CCc2c(cccc2CC2CCCC2)CC1. The lowest BCUT2D eigenvalue weighted by atomic mass is 9.80. The standard InChI is InChI=1S/C37H58O5/c1-2-3-5-16-34(39)22-21-30-19-20-31-14-10-15-32(24-28-12-8-9-13-28)36(31)23-18-29(11-6-4-7-17-37(41)42)25-33(30)26-35(40)27-38/h10,14-15,21-22,28-29,34-35,38-40H,2-9,11-13,16-20,23-27H2,1H3,(H,41,42)/b22-21+,33-30-/t29-,34+,35+/m1/s1. The summed E-state index contributed by atoms with van der Waals surface area (Å²) in [6, 6.07) is 6.90. The molecule has 0 unspecified atom stereocenters. The number of carboxylic acids is 1. The number of benzene rings is 1. The van der Waals surface area contributed by atoms with Gasteiger partial charge in [0, 0.05) is 6.42 Å². The van der Waals surface area contributed by atoms with Gasteiger partial charge in [-0.25, -0.2) is 0 Å². The van der Waals surface area contributed by atoms with Crippen molar-refractivity contribution < 1.29 is 25.2 Å². The zero-order valence-corrected chi connectivity index (χ0v) is 26.2. The van der Waals surface area contributed by atoms with Crippen molar-refractivity contribution in [3.63, 3.8) is 0 Å². The number of aliphatic hydroxyl groups excluding tert-OH is 3. The summed E-state index contributed by atoms with van der Waals surface area (Å²) in [5.74, 6) is 0.506. The highest BCUT2D eigenvalue weighted by atomic mass is 16.4. The quantitative estimate of drug-likeness (QED) is 0.140. The number of fused-ring (bicyclic) bond motifs is 1. The van der Waals surface area contributed by atoms with E-state index in [0.29, 0.717) is 18.8 Å². The van der Waals surface area contributed by atoms with Crippen LogP contribution in [-0.2, 0) is 24.1 Å². The Kier molecular flexibility index (Phi) is 15.9. The predicted octanol–water partition coefficient (Wildman–Crippen LogP) is 7.88. The summed E-state index contributed by atoms with van der Waals surface area (Å²) in [5, 5.41) is 40.0. The lowest BCUT2D eigenvalue weighted by Crippen LogP contribution is -2.17. The van der Waals surface area contributed by atoms with E-state index in [2.05, 4.69) is 31.2 Å². The predicted molar refractivity (Wildman–Crippen MR) is 172 cm³/mol. The van der Waals surface area contributed by atoms with Crippen LogP contribution in [0.1, 0.15) is 133 Å². The highest BCUT2D eigenvalue weighted by Gasteiger charge is 2.22. The van der Waals surface area contributed by atoms with E-state index < -0.39 is 18.2 Å². The average molecular weight is 583 g/mol. The van der Waals surface area contributed by atoms with Crippen molar-refractivity contribution in [3.8, 4) is 0 Å². The molecule has 0 spiro atoms. The molecule has 2 aliphatic rings. The molecular weight excluding hydrogens is 524 g/mol. The van der Waals surface area contributed by atoms with Crippen molar-refractivity contribution in [2.75, 3.05) is 6.61 Å². The molecule has 4 N–H and O–H groups in total. The van der Waals surface area contributed by atoms with Crippen molar-refractivity contribution in [3.05, 3.63) is 58.2 Å². The second-order valence-electron chi connectivity index (χ2n) is 13.1. The van der Waals surface area contributed by atoms with E-state index in [0.717, 1.165) is 83.0 Å². The summed E-state index contributed by atoms with van der Waals surface area (Å²) in [7, 11) is 0. The molecule has 0 amide bonds. The van der Waals surface area contributed by atoms with E-state index in [-0.39, 0.29) is 13.0 Å². The first kappa shape index (κ1) is 34.5. The third kappa shape index (κ3) is 12.3. The number of unbranched alkanes of at least 4 members (excludes halogenated alkanes) is 4. The second kappa shape index (κ2) is 19.4. The number of allylic oxidation sites excluding steroid dienone is 2. The fourth-order valence-corrected chi connectivity index (χ4v) is 7.16. The van der Waals surface area contributed by atoms with Crippen molar-refractivity contribution in [1.29, 1.82) is 0 Å². The molecule has 1 aromatic carbocycles. The van der Waals surface area contributed by atoms with Crippen LogP contribution in [-0.4, -0.2) is 45.2 Å². The molecule has 5 heteroatoms. The van der Waals surface area contributed by atoms with E-state index in [1.165, 1.54) is 54.4 Å². The van der Waals surface area contributed by atoms with Gasteiger partial charge in [-0.1, -0.05) is 107 Å². The van der Waals surface area contributed by atoms with Gasteiger partial charge in [-0.3, -0.25) is 4.79 Å². The third-order valence-corrected chi connectivity index (χ3v) is 9.63. The summed E-state index contributed by atoms with van der Waals surface area (Å²) in [6.07, 6.45) is 22.6. The topological polar surface area (TPSA) is 98.0 Å². The number of rotatable bonds is 17. The molecule has 1 fully saturated rings. The number of carbonyl (C=O) groups is 1. The summed E-state index contributed by atoms with van der Waals surface area (Å²) >= 11 is 0. The molecule has 1 aromatic rings. The molecular formula is C37H58O5. The number of hydrogen-bond acceptors (Lipinski definition) is 4. The number of aryl methyl sites for hydroxylation is 1. The van der Waals surface area contributed by atoms with Crippen molar-refractivity contribution in [2.24, 2.45) is 11.8 Å². The Morgan fingerprint density at radius 1 is 0.976 bits per heavy atom. The van der Waals surface area contributed by atoms with Gasteiger partial charge in [0.25, 0.3) is 0 Å². The fourth-order valence-electron chi connectivity index (χ4n) is 7.16. The third-order valence-electron chi connectivity index (χ3n) is 9.63. The number of hydrogen-bond donors (Lipinski definition) is 4. The molecule has 42 heavy (non-hydrogen) atoms. The number of carboxylic acid groups (broad SMARTS) is 1. The first-order chi connectivity index (χ1) is 20.4. The van der Waals surface area contributed by atoms with Gasteiger partial charge < -0.3 is 20.4 Å². The summed E-state index contributed by atoms with van der Waals surface area (Å²) in [6.45, 7) is 1.92. The van der Waals surface area contributed by atoms with Gasteiger partial charge in [0.15, 0.2) is 0 Å². The van der Waals surface area contributed by atoms with Gasteiger partial charge in [-0.15, -0.1) is 0 Å². The Morgan fingerprint density at radius 2 is 1.79 bits per heavy atom. The maximum atomic E-state index is 11.0. The smallest absolute Gasteiger partial charge is 0.303 e. The van der Waals surface area contributed by atoms with E-state index in [1.807, 2.05) is 6.08 Å². The zero-order chi connectivity index (χ0) is 30.2. The van der Waals surface area contributed by atoms with E-state index in [9.17, 15) is 20.1 Å². The minimum absolute atomic E-state index is 0.228. The Bertz CT molecular complexity index is 990. The second-order valence-corrected chi connectivity index (χ2v) is 13.1. The van der Waals surface area contributed by atoms with E-state index in [4.69, 9.17) is 5.11 Å². The summed E-state index contributed by atoms with van der Waals surface area (Å²) in [4.78, 5) is 11.0. The molecule has 2 aliphatic carbocycles. The van der Waals surface area contributed by atoms with Gasteiger partial charge in [-0.05, 0) is 91.9 Å². The van der Waals surface area contributed by atoms with Crippen LogP contribution in [0.2, 0.25) is 0 Å². The van der Waals surface area contributed by atoms with Crippen LogP contribution in [0, 0.1) is 11.8 Å². The molecule has 0 bridgehead atoms. The average Bonchev–Trinajstić information content (AvgIpc) is 3.48. The van der Waals surface area contributed by atoms with Crippen LogP contribution in [0.4, 0.5) is 0 Å². The highest BCUT2D eigenvalue weighted by molar-refractivity contribution is 5.66. The van der Waals surface area contributed by atoms with Gasteiger partial charge in [0.1, 0.15) is 0 Å². The van der Waals surface area contributed by atoms with Crippen molar-refractivity contribution in [2.45, 2.75) is 148 Å². The Balaban J connectivity index is 1.90. The van der Waals surface area contributed by atoms with Gasteiger partial charge >= 0.3 is 5.97 Å². The van der Waals surface area contributed by atoms with Gasteiger partial charge in [0.05, 0.1) is 18.8 Å². The maximum absolute atomic E-state index is 11.0. The zero-order valence-electron chi connectivity index (χ0n) is 26.2. The van der Waals surface area contributed by atoms with Gasteiger partial charge in [0.2, 0.25) is 0 Å². The maximum Gasteiger partial charge on any atom is 0.303 e. The van der Waals surface area contributed by atoms with Crippen molar-refractivity contribution in [1.82, 2.24) is 0 Å². The minimum Gasteiger partial charge on any atom is -0.481 e. The molecule has 0 heterocycles. The Hall–Kier alpha value is -1.95. The Labute approximate surface area is 255 Å². The van der Waals surface area contributed by atoms with Crippen LogP contribution in [0.3, 0.4) is 0 Å². The van der Waals surface area contributed by atoms with Crippen LogP contribution in [0.5, 0.6) is 0 Å². The highest BCUT2D eigenvalue weighted by Crippen LogP contribution is 2.35. The molecule has 1 saturated carbocycles. The lowest BCUT2D eigenvalue weighted by molar-refractivity contribution is -0.137. The molecule has 236 valence electrons. The first-order valence-electron chi connectivity index (χ1n) is 17.1.